The van der Waals surface area contributed by atoms with Gasteiger partial charge in [0, 0.05) is 17.2 Å². The van der Waals surface area contributed by atoms with Crippen LogP contribution in [-0.4, -0.2) is 30.3 Å². The molecule has 0 radical (unpaired) electrons. The van der Waals surface area contributed by atoms with Gasteiger partial charge in [0.15, 0.2) is 0 Å². The fraction of sp³-hybridized carbons (Fsp3) is 0.333. The first-order valence-electron chi connectivity index (χ1n) is 5.01. The quantitative estimate of drug-likeness (QED) is 0.556. The molecule has 0 unspecified atom stereocenters. The van der Waals surface area contributed by atoms with E-state index in [0.29, 0.717) is 13.1 Å². The average molecular weight is 231 g/mol. The van der Waals surface area contributed by atoms with Crippen LogP contribution in [0.25, 0.3) is 0 Å². The van der Waals surface area contributed by atoms with E-state index in [2.05, 4.69) is 24.3 Å². The minimum Gasteiger partial charge on any atom is -0.277 e. The summed E-state index contributed by atoms with van der Waals surface area (Å²) < 4.78 is 0. The van der Waals surface area contributed by atoms with Crippen molar-refractivity contribution in [3.05, 3.63) is 30.3 Å². The minimum atomic E-state index is 0.322. The van der Waals surface area contributed by atoms with Gasteiger partial charge in [-0.2, -0.15) is 10.5 Å². The first-order chi connectivity index (χ1) is 7.86. The summed E-state index contributed by atoms with van der Waals surface area (Å²) in [7, 11) is 0. The summed E-state index contributed by atoms with van der Waals surface area (Å²) in [5.41, 5.74) is 0. The molecule has 0 saturated carbocycles. The normalized spacial score (nSPS) is 9.69. The Morgan fingerprint density at radius 3 is 2.25 bits per heavy atom. The van der Waals surface area contributed by atoms with Gasteiger partial charge in [-0.3, -0.25) is 4.90 Å². The zero-order valence-electron chi connectivity index (χ0n) is 8.97. The molecule has 82 valence electrons. The van der Waals surface area contributed by atoms with Gasteiger partial charge < -0.3 is 0 Å². The molecule has 1 rings (SSSR count). The van der Waals surface area contributed by atoms with Crippen LogP contribution in [0.4, 0.5) is 0 Å². The Kier molecular flexibility index (Phi) is 6.10. The molecule has 1 aromatic carbocycles. The molecule has 16 heavy (non-hydrogen) atoms. The van der Waals surface area contributed by atoms with E-state index in [0.717, 1.165) is 12.3 Å². The number of nitriles is 2. The number of hydrogen-bond acceptors (Lipinski definition) is 4. The van der Waals surface area contributed by atoms with E-state index in [1.165, 1.54) is 4.90 Å². The van der Waals surface area contributed by atoms with Crippen molar-refractivity contribution in [3.63, 3.8) is 0 Å². The van der Waals surface area contributed by atoms with E-state index >= 15 is 0 Å². The highest BCUT2D eigenvalue weighted by molar-refractivity contribution is 7.99. The maximum atomic E-state index is 8.57. The molecular formula is C12H13N3S. The van der Waals surface area contributed by atoms with Crippen LogP contribution in [0.15, 0.2) is 35.2 Å². The van der Waals surface area contributed by atoms with Crippen molar-refractivity contribution in [3.8, 4) is 12.1 Å². The third kappa shape index (κ3) is 4.84. The smallest absolute Gasteiger partial charge is 0.0874 e. The van der Waals surface area contributed by atoms with Crippen LogP contribution in [0.1, 0.15) is 0 Å². The third-order valence-corrected chi connectivity index (χ3v) is 3.00. The second-order valence-corrected chi connectivity index (χ2v) is 4.36. The molecule has 0 atom stereocenters. The zero-order valence-corrected chi connectivity index (χ0v) is 9.78. The summed E-state index contributed by atoms with van der Waals surface area (Å²) in [6.07, 6.45) is 0. The molecule has 1 aromatic rings. The van der Waals surface area contributed by atoms with Gasteiger partial charge in [0.05, 0.1) is 25.2 Å². The van der Waals surface area contributed by atoms with Gasteiger partial charge in [-0.05, 0) is 12.1 Å². The molecule has 0 aliphatic rings. The van der Waals surface area contributed by atoms with Crippen LogP contribution in [0, 0.1) is 22.7 Å². The van der Waals surface area contributed by atoms with Crippen LogP contribution in [0.2, 0.25) is 0 Å². The molecule has 3 nitrogen and oxygen atoms in total. The van der Waals surface area contributed by atoms with Crippen molar-refractivity contribution in [1.82, 2.24) is 4.90 Å². The summed E-state index contributed by atoms with van der Waals surface area (Å²) in [5.74, 6) is 0.896. The Labute approximate surface area is 100 Å². The van der Waals surface area contributed by atoms with Crippen molar-refractivity contribution in [2.24, 2.45) is 0 Å². The second-order valence-electron chi connectivity index (χ2n) is 3.19. The molecule has 0 fully saturated rings. The average Bonchev–Trinajstić information content (AvgIpc) is 2.31. The summed E-state index contributed by atoms with van der Waals surface area (Å²) in [4.78, 5) is 3.06. The summed E-state index contributed by atoms with van der Waals surface area (Å²) in [5, 5.41) is 17.1. The van der Waals surface area contributed by atoms with Crippen molar-refractivity contribution in [1.29, 1.82) is 10.5 Å². The molecule has 0 N–H and O–H groups in total. The topological polar surface area (TPSA) is 50.8 Å². The van der Waals surface area contributed by atoms with Gasteiger partial charge in [0.1, 0.15) is 0 Å². The van der Waals surface area contributed by atoms with Crippen molar-refractivity contribution >= 4 is 11.8 Å². The summed E-state index contributed by atoms with van der Waals surface area (Å²) in [6.45, 7) is 1.41. The molecular weight excluding hydrogens is 218 g/mol. The lowest BCUT2D eigenvalue weighted by Crippen LogP contribution is -2.26. The molecule has 0 saturated heterocycles. The second kappa shape index (κ2) is 7.76. The van der Waals surface area contributed by atoms with Gasteiger partial charge in [-0.15, -0.1) is 11.8 Å². The fourth-order valence-electron chi connectivity index (χ4n) is 1.22. The molecule has 0 bridgehead atoms. The van der Waals surface area contributed by atoms with Gasteiger partial charge in [-0.1, -0.05) is 18.2 Å². The molecule has 0 amide bonds. The Balaban J connectivity index is 2.29. The Morgan fingerprint density at radius 1 is 1.06 bits per heavy atom. The van der Waals surface area contributed by atoms with Gasteiger partial charge in [0.2, 0.25) is 0 Å². The van der Waals surface area contributed by atoms with E-state index in [9.17, 15) is 0 Å². The zero-order chi connectivity index (χ0) is 11.6. The number of rotatable bonds is 6. The van der Waals surface area contributed by atoms with Crippen LogP contribution in [-0.2, 0) is 0 Å². The molecule has 0 aliphatic heterocycles. The molecule has 0 aliphatic carbocycles. The summed E-state index contributed by atoms with van der Waals surface area (Å²) in [6, 6.07) is 14.2. The predicted octanol–water partition coefficient (Wildman–Crippen LogP) is 2.13. The molecule has 0 heterocycles. The van der Waals surface area contributed by atoms with E-state index in [1.54, 1.807) is 11.8 Å². The van der Waals surface area contributed by atoms with E-state index in [-0.39, 0.29) is 0 Å². The lowest BCUT2D eigenvalue weighted by molar-refractivity contribution is 0.365. The van der Waals surface area contributed by atoms with Crippen molar-refractivity contribution in [2.45, 2.75) is 4.90 Å². The third-order valence-electron chi connectivity index (χ3n) is 2.01. The fourth-order valence-corrected chi connectivity index (χ4v) is 2.16. The Bertz CT molecular complexity index is 361. The molecule has 0 spiro atoms. The summed E-state index contributed by atoms with van der Waals surface area (Å²) >= 11 is 1.74. The van der Waals surface area contributed by atoms with Crippen LogP contribution in [0.3, 0.4) is 0 Å². The van der Waals surface area contributed by atoms with Gasteiger partial charge >= 0.3 is 0 Å². The van der Waals surface area contributed by atoms with Crippen LogP contribution >= 0.6 is 11.8 Å². The van der Waals surface area contributed by atoms with Crippen molar-refractivity contribution in [2.75, 3.05) is 25.4 Å². The number of hydrogen-bond donors (Lipinski definition) is 0. The van der Waals surface area contributed by atoms with Crippen LogP contribution < -0.4 is 0 Å². The monoisotopic (exact) mass is 231 g/mol. The van der Waals surface area contributed by atoms with E-state index in [1.807, 2.05) is 23.1 Å². The van der Waals surface area contributed by atoms with Crippen molar-refractivity contribution < 1.29 is 0 Å². The number of thioether (sulfide) groups is 1. The number of benzene rings is 1. The minimum absolute atomic E-state index is 0.322. The number of nitrogens with zero attached hydrogens (tertiary/aromatic N) is 3. The highest BCUT2D eigenvalue weighted by atomic mass is 32.2. The van der Waals surface area contributed by atoms with E-state index in [4.69, 9.17) is 10.5 Å². The highest BCUT2D eigenvalue weighted by Crippen LogP contribution is 2.16. The lowest BCUT2D eigenvalue weighted by Gasteiger charge is -2.14. The standard InChI is InChI=1S/C12H13N3S/c13-6-8-15(9-7-14)10-11-16-12-4-2-1-3-5-12/h1-5H,8-11H2. The first-order valence-corrected chi connectivity index (χ1v) is 5.99. The van der Waals surface area contributed by atoms with Crippen LogP contribution in [0.5, 0.6) is 0 Å². The van der Waals surface area contributed by atoms with E-state index < -0.39 is 0 Å². The SMILES string of the molecule is N#CCN(CC#N)CCSc1ccccc1. The Morgan fingerprint density at radius 2 is 1.69 bits per heavy atom. The Hall–Kier alpha value is -1.49. The molecule has 0 aromatic heterocycles. The maximum absolute atomic E-state index is 8.57. The first kappa shape index (κ1) is 12.6. The van der Waals surface area contributed by atoms with Gasteiger partial charge in [-0.25, -0.2) is 0 Å². The highest BCUT2D eigenvalue weighted by Gasteiger charge is 2.03. The maximum Gasteiger partial charge on any atom is 0.0874 e. The predicted molar refractivity (Wildman–Crippen MR) is 64.8 cm³/mol. The lowest BCUT2D eigenvalue weighted by atomic mass is 10.4. The molecule has 4 heteroatoms. The van der Waals surface area contributed by atoms with Gasteiger partial charge in [0.25, 0.3) is 0 Å². The largest absolute Gasteiger partial charge is 0.277 e.